The monoisotopic (exact) mass is 247 g/mol. The molecule has 1 saturated carbocycles. The Kier molecular flexibility index (Phi) is 2.83. The summed E-state index contributed by atoms with van der Waals surface area (Å²) in [6, 6.07) is 5.87. The highest BCUT2D eigenvalue weighted by Gasteiger charge is 2.24. The lowest BCUT2D eigenvalue weighted by atomic mass is 9.93. The number of hydrogen-bond donors (Lipinski definition) is 3. The summed E-state index contributed by atoms with van der Waals surface area (Å²) >= 11 is 0. The van der Waals surface area contributed by atoms with E-state index in [1.807, 2.05) is 6.07 Å². The average molecular weight is 247 g/mol. The number of rotatable bonds is 2. The molecule has 0 radical (unpaired) electrons. The van der Waals surface area contributed by atoms with E-state index >= 15 is 0 Å². The normalized spacial score (nSPS) is 24.3. The first-order valence-corrected chi connectivity index (χ1v) is 6.33. The third-order valence-corrected chi connectivity index (χ3v) is 3.45. The summed E-state index contributed by atoms with van der Waals surface area (Å²) in [5.74, 6) is 0. The molecule has 0 amide bonds. The Balaban J connectivity index is 1.81. The fraction of sp³-hybridized carbons (Fsp3) is 0.462. The highest BCUT2D eigenvalue weighted by atomic mass is 16.4. The molecule has 1 aliphatic carbocycles. The summed E-state index contributed by atoms with van der Waals surface area (Å²) in [5.41, 5.74) is 7.79. The van der Waals surface area contributed by atoms with Crippen LogP contribution in [0.4, 0.5) is 11.7 Å². The van der Waals surface area contributed by atoms with Crippen molar-refractivity contribution in [3.05, 3.63) is 18.2 Å². The molecule has 5 heteroatoms. The van der Waals surface area contributed by atoms with Crippen LogP contribution >= 0.6 is 0 Å². The van der Waals surface area contributed by atoms with E-state index in [2.05, 4.69) is 10.3 Å². The van der Waals surface area contributed by atoms with Gasteiger partial charge in [0, 0.05) is 11.8 Å². The Hall–Kier alpha value is -1.75. The lowest BCUT2D eigenvalue weighted by molar-refractivity contribution is 0.115. The zero-order chi connectivity index (χ0) is 12.5. The second-order valence-electron chi connectivity index (χ2n) is 4.85. The van der Waals surface area contributed by atoms with Gasteiger partial charge >= 0.3 is 0 Å². The fourth-order valence-corrected chi connectivity index (χ4v) is 2.44. The topological polar surface area (TPSA) is 84.3 Å². The Morgan fingerprint density at radius 3 is 3.00 bits per heavy atom. The number of benzene rings is 1. The van der Waals surface area contributed by atoms with E-state index in [1.165, 1.54) is 0 Å². The quantitative estimate of drug-likeness (QED) is 0.708. The Morgan fingerprint density at radius 1 is 1.33 bits per heavy atom. The Morgan fingerprint density at radius 2 is 2.17 bits per heavy atom. The molecule has 96 valence electrons. The minimum atomic E-state index is -0.321. The van der Waals surface area contributed by atoms with Crippen LogP contribution in [-0.2, 0) is 0 Å². The van der Waals surface area contributed by atoms with Gasteiger partial charge in [-0.2, -0.15) is 4.98 Å². The molecule has 0 aliphatic heterocycles. The van der Waals surface area contributed by atoms with Crippen LogP contribution in [-0.4, -0.2) is 22.2 Å². The summed E-state index contributed by atoms with van der Waals surface area (Å²) in [6.45, 7) is 0. The van der Waals surface area contributed by atoms with Crippen molar-refractivity contribution >= 4 is 22.8 Å². The number of nitrogens with one attached hydrogen (secondary N) is 1. The highest BCUT2D eigenvalue weighted by molar-refractivity contribution is 5.78. The molecule has 0 saturated heterocycles. The van der Waals surface area contributed by atoms with E-state index in [-0.39, 0.29) is 12.1 Å². The van der Waals surface area contributed by atoms with Crippen LogP contribution in [0.1, 0.15) is 25.7 Å². The molecule has 2 unspecified atom stereocenters. The lowest BCUT2D eigenvalue weighted by Gasteiger charge is -2.27. The zero-order valence-electron chi connectivity index (χ0n) is 10.1. The summed E-state index contributed by atoms with van der Waals surface area (Å²) in [5, 5.41) is 13.1. The molecule has 1 aliphatic rings. The van der Waals surface area contributed by atoms with Gasteiger partial charge in [0.1, 0.15) is 5.52 Å². The van der Waals surface area contributed by atoms with Crippen LogP contribution in [0.25, 0.3) is 11.1 Å². The van der Waals surface area contributed by atoms with Crippen LogP contribution in [0.15, 0.2) is 22.6 Å². The van der Waals surface area contributed by atoms with Gasteiger partial charge in [0.25, 0.3) is 6.01 Å². The molecule has 1 aromatic heterocycles. The Labute approximate surface area is 105 Å². The van der Waals surface area contributed by atoms with Gasteiger partial charge in [0.2, 0.25) is 0 Å². The van der Waals surface area contributed by atoms with E-state index in [0.29, 0.717) is 17.3 Å². The number of oxazole rings is 1. The van der Waals surface area contributed by atoms with Crippen LogP contribution in [0.5, 0.6) is 0 Å². The van der Waals surface area contributed by atoms with Gasteiger partial charge in [-0.3, -0.25) is 0 Å². The predicted molar refractivity (Wildman–Crippen MR) is 70.3 cm³/mol. The van der Waals surface area contributed by atoms with Gasteiger partial charge in [-0.1, -0.05) is 12.8 Å². The van der Waals surface area contributed by atoms with Crippen LogP contribution in [0, 0.1) is 0 Å². The maximum Gasteiger partial charge on any atom is 0.295 e. The van der Waals surface area contributed by atoms with E-state index < -0.39 is 0 Å². The van der Waals surface area contributed by atoms with Crippen molar-refractivity contribution < 1.29 is 9.52 Å². The molecule has 4 N–H and O–H groups in total. The molecule has 1 fully saturated rings. The van der Waals surface area contributed by atoms with Crippen LogP contribution in [0.2, 0.25) is 0 Å². The van der Waals surface area contributed by atoms with Gasteiger partial charge in [-0.25, -0.2) is 0 Å². The average Bonchev–Trinajstić information content (AvgIpc) is 2.73. The minimum absolute atomic E-state index is 0.0316. The third kappa shape index (κ3) is 2.13. The number of fused-ring (bicyclic) bond motifs is 1. The van der Waals surface area contributed by atoms with Crippen molar-refractivity contribution in [2.45, 2.75) is 37.8 Å². The van der Waals surface area contributed by atoms with Crippen molar-refractivity contribution in [3.63, 3.8) is 0 Å². The summed E-state index contributed by atoms with van der Waals surface area (Å²) in [6.07, 6.45) is 3.68. The van der Waals surface area contributed by atoms with Crippen molar-refractivity contribution in [2.75, 3.05) is 11.1 Å². The van der Waals surface area contributed by atoms with Crippen molar-refractivity contribution in [3.8, 4) is 0 Å². The largest absolute Gasteiger partial charge is 0.423 e. The van der Waals surface area contributed by atoms with E-state index in [1.54, 1.807) is 12.1 Å². The Bertz CT molecular complexity index is 552. The number of nitrogens with zero attached hydrogens (tertiary/aromatic N) is 1. The molecule has 1 aromatic carbocycles. The smallest absolute Gasteiger partial charge is 0.295 e. The number of aromatic nitrogens is 1. The first-order valence-electron chi connectivity index (χ1n) is 6.33. The number of hydrogen-bond acceptors (Lipinski definition) is 5. The van der Waals surface area contributed by atoms with Crippen molar-refractivity contribution in [1.82, 2.24) is 4.98 Å². The first-order chi connectivity index (χ1) is 8.72. The van der Waals surface area contributed by atoms with E-state index in [0.717, 1.165) is 31.2 Å². The second-order valence-corrected chi connectivity index (χ2v) is 4.85. The van der Waals surface area contributed by atoms with Gasteiger partial charge < -0.3 is 20.6 Å². The molecule has 3 rings (SSSR count). The van der Waals surface area contributed by atoms with E-state index in [4.69, 9.17) is 10.2 Å². The highest BCUT2D eigenvalue weighted by Crippen LogP contribution is 2.25. The zero-order valence-corrected chi connectivity index (χ0v) is 10.1. The number of aliphatic hydroxyl groups is 1. The SMILES string of the molecule is Nc1ccc2nc(NC3CCCCC3O)oc2c1. The number of aliphatic hydroxyl groups excluding tert-OH is 1. The predicted octanol–water partition coefficient (Wildman–Crippen LogP) is 2.13. The molecule has 0 spiro atoms. The third-order valence-electron chi connectivity index (χ3n) is 3.45. The summed E-state index contributed by atoms with van der Waals surface area (Å²) in [4.78, 5) is 4.34. The first kappa shape index (κ1) is 11.3. The lowest BCUT2D eigenvalue weighted by Crippen LogP contribution is -2.36. The molecule has 2 aromatic rings. The number of nitrogen functional groups attached to an aromatic ring is 1. The summed E-state index contributed by atoms with van der Waals surface area (Å²) < 4.78 is 5.59. The van der Waals surface area contributed by atoms with E-state index in [9.17, 15) is 5.11 Å². The molecule has 18 heavy (non-hydrogen) atoms. The van der Waals surface area contributed by atoms with Crippen LogP contribution in [0.3, 0.4) is 0 Å². The molecule has 2 atom stereocenters. The maximum atomic E-state index is 9.90. The van der Waals surface area contributed by atoms with Gasteiger partial charge in [-0.05, 0) is 25.0 Å². The maximum absolute atomic E-state index is 9.90. The van der Waals surface area contributed by atoms with Crippen LogP contribution < -0.4 is 11.1 Å². The molecule has 5 nitrogen and oxygen atoms in total. The minimum Gasteiger partial charge on any atom is -0.423 e. The van der Waals surface area contributed by atoms with Gasteiger partial charge in [0.15, 0.2) is 5.58 Å². The van der Waals surface area contributed by atoms with Crippen molar-refractivity contribution in [2.24, 2.45) is 0 Å². The standard InChI is InChI=1S/C13H17N3O2/c14-8-5-6-10-12(7-8)18-13(16-10)15-9-3-1-2-4-11(9)17/h5-7,9,11,17H,1-4,14H2,(H,15,16). The summed E-state index contributed by atoms with van der Waals surface area (Å²) in [7, 11) is 0. The fourth-order valence-electron chi connectivity index (χ4n) is 2.44. The molecular formula is C13H17N3O2. The number of nitrogens with two attached hydrogens (primary N) is 1. The molecule has 1 heterocycles. The van der Waals surface area contributed by atoms with Crippen molar-refractivity contribution in [1.29, 1.82) is 0 Å². The molecule has 0 bridgehead atoms. The molecular weight excluding hydrogens is 230 g/mol. The van der Waals surface area contributed by atoms with Gasteiger partial charge in [0.05, 0.1) is 12.1 Å². The van der Waals surface area contributed by atoms with Gasteiger partial charge in [-0.15, -0.1) is 0 Å². The number of anilines is 2. The second kappa shape index (κ2) is 4.49.